The fraction of sp³-hybridized carbons (Fsp3) is 0.333. The van der Waals surface area contributed by atoms with E-state index in [1.165, 1.54) is 26.7 Å². The van der Waals surface area contributed by atoms with Crippen LogP contribution in [0.5, 0.6) is 0 Å². The van der Waals surface area contributed by atoms with Crippen molar-refractivity contribution in [2.75, 3.05) is 55.0 Å². The lowest BCUT2D eigenvalue weighted by Gasteiger charge is -2.34. The van der Waals surface area contributed by atoms with Gasteiger partial charge in [0.2, 0.25) is 0 Å². The molecule has 0 radical (unpaired) electrons. The van der Waals surface area contributed by atoms with Crippen molar-refractivity contribution < 1.29 is 13.2 Å². The zero-order valence-electron chi connectivity index (χ0n) is 23.0. The minimum Gasteiger partial charge on any atom is -0.351 e. The number of carbonyl (C=O) groups is 1. The molecule has 1 fully saturated rings. The standard InChI is InChI=1S/C30H33N5O3S2.ClH/c1-2-22-7-12-26-28(21-22)39-30(32-26)34-19-17-33(18-20-34)16-14-31-29(36)24-8-10-25(11-9-24)40(37,38)35-15-13-23-5-3-4-6-27(23)35;/h3-12,21H,2,13-20H2,1H3,(H,31,36);1H. The molecule has 0 atom stereocenters. The normalized spacial score (nSPS) is 15.5. The number of aromatic nitrogens is 1. The van der Waals surface area contributed by atoms with Gasteiger partial charge in [-0.2, -0.15) is 0 Å². The van der Waals surface area contributed by atoms with Crippen LogP contribution in [-0.4, -0.2) is 70.0 Å². The van der Waals surface area contributed by atoms with Crippen LogP contribution in [0.2, 0.25) is 0 Å². The zero-order valence-corrected chi connectivity index (χ0v) is 25.4. The molecule has 3 aromatic carbocycles. The van der Waals surface area contributed by atoms with E-state index in [4.69, 9.17) is 4.98 Å². The fourth-order valence-corrected chi connectivity index (χ4v) is 7.95. The number of anilines is 2. The number of sulfonamides is 1. The van der Waals surface area contributed by atoms with Gasteiger partial charge < -0.3 is 10.2 Å². The van der Waals surface area contributed by atoms with Crippen LogP contribution in [0, 0.1) is 0 Å². The van der Waals surface area contributed by atoms with Crippen LogP contribution in [0.25, 0.3) is 10.2 Å². The minimum atomic E-state index is -3.67. The number of carbonyl (C=O) groups excluding carboxylic acids is 1. The molecular weight excluding hydrogens is 578 g/mol. The van der Waals surface area contributed by atoms with Gasteiger partial charge in [-0.25, -0.2) is 13.4 Å². The summed E-state index contributed by atoms with van der Waals surface area (Å²) < 4.78 is 29.1. The SMILES string of the molecule is CCc1ccc2nc(N3CCN(CCNC(=O)c4ccc(S(=O)(=O)N5CCc6ccccc65)cc4)CC3)sc2c1.Cl. The summed E-state index contributed by atoms with van der Waals surface area (Å²) in [5.74, 6) is -0.199. The zero-order chi connectivity index (χ0) is 27.7. The lowest BCUT2D eigenvalue weighted by atomic mass is 10.2. The molecule has 1 aromatic heterocycles. The van der Waals surface area contributed by atoms with Crippen LogP contribution >= 0.6 is 23.7 Å². The summed E-state index contributed by atoms with van der Waals surface area (Å²) >= 11 is 1.76. The lowest BCUT2D eigenvalue weighted by Crippen LogP contribution is -2.48. The number of benzene rings is 3. The van der Waals surface area contributed by atoms with Crippen LogP contribution in [0.1, 0.15) is 28.4 Å². The molecule has 0 unspecified atom stereocenters. The number of fused-ring (bicyclic) bond motifs is 2. The van der Waals surface area contributed by atoms with Crippen molar-refractivity contribution in [2.45, 2.75) is 24.7 Å². The Morgan fingerprint density at radius 2 is 1.73 bits per heavy atom. The van der Waals surface area contributed by atoms with Crippen LogP contribution in [0.4, 0.5) is 10.8 Å². The van der Waals surface area contributed by atoms with Crippen molar-refractivity contribution in [3.8, 4) is 0 Å². The Kier molecular flexibility index (Phi) is 8.84. The van der Waals surface area contributed by atoms with Crippen molar-refractivity contribution in [2.24, 2.45) is 0 Å². The topological polar surface area (TPSA) is 85.9 Å². The van der Waals surface area contributed by atoms with Crippen molar-refractivity contribution in [3.05, 3.63) is 83.4 Å². The second-order valence-corrected chi connectivity index (χ2v) is 13.1. The van der Waals surface area contributed by atoms with E-state index in [1.807, 2.05) is 24.3 Å². The first-order valence-electron chi connectivity index (χ1n) is 13.8. The number of rotatable bonds is 8. The summed E-state index contributed by atoms with van der Waals surface area (Å²) in [6.07, 6.45) is 1.73. The Morgan fingerprint density at radius 1 is 0.976 bits per heavy atom. The molecule has 1 saturated heterocycles. The molecule has 0 bridgehead atoms. The number of nitrogens with one attached hydrogen (secondary N) is 1. The molecule has 216 valence electrons. The molecule has 0 saturated carbocycles. The first-order chi connectivity index (χ1) is 19.4. The average molecular weight is 612 g/mol. The third-order valence-electron chi connectivity index (χ3n) is 7.76. The van der Waals surface area contributed by atoms with E-state index in [0.29, 0.717) is 25.1 Å². The van der Waals surface area contributed by atoms with E-state index in [9.17, 15) is 13.2 Å². The van der Waals surface area contributed by atoms with Gasteiger partial charge in [0, 0.05) is 51.4 Å². The first-order valence-corrected chi connectivity index (χ1v) is 16.0. The number of para-hydroxylation sites is 1. The Labute approximate surface area is 251 Å². The quantitative estimate of drug-likeness (QED) is 0.314. The minimum absolute atomic E-state index is 0. The van der Waals surface area contributed by atoms with Crippen molar-refractivity contribution in [1.82, 2.24) is 15.2 Å². The Hall–Kier alpha value is -3.18. The van der Waals surface area contributed by atoms with Crippen molar-refractivity contribution in [1.29, 1.82) is 0 Å². The number of nitrogens with zero attached hydrogens (tertiary/aromatic N) is 4. The molecule has 6 rings (SSSR count). The highest BCUT2D eigenvalue weighted by Crippen LogP contribution is 2.33. The third kappa shape index (κ3) is 6.06. The van der Waals surface area contributed by atoms with Gasteiger partial charge in [-0.05, 0) is 66.4 Å². The van der Waals surface area contributed by atoms with E-state index >= 15 is 0 Å². The summed E-state index contributed by atoms with van der Waals surface area (Å²) in [5.41, 5.74) is 4.62. The molecule has 0 spiro atoms. The van der Waals surface area contributed by atoms with Gasteiger partial charge in [0.1, 0.15) is 0 Å². The maximum atomic E-state index is 13.2. The van der Waals surface area contributed by atoms with Gasteiger partial charge >= 0.3 is 0 Å². The largest absolute Gasteiger partial charge is 0.351 e. The third-order valence-corrected chi connectivity index (χ3v) is 10.7. The number of hydrogen-bond acceptors (Lipinski definition) is 7. The maximum Gasteiger partial charge on any atom is 0.264 e. The molecule has 0 aliphatic carbocycles. The molecular formula is C30H34ClN5O3S2. The van der Waals surface area contributed by atoms with Crippen LogP contribution in [0.3, 0.4) is 0 Å². The van der Waals surface area contributed by atoms with E-state index in [0.717, 1.165) is 61.0 Å². The average Bonchev–Trinajstić information content (AvgIpc) is 3.62. The molecule has 2 aliphatic heterocycles. The fourth-order valence-electron chi connectivity index (χ4n) is 5.37. The van der Waals surface area contributed by atoms with Gasteiger partial charge in [-0.15, -0.1) is 12.4 Å². The first kappa shape index (κ1) is 29.3. The number of piperazine rings is 1. The second kappa shape index (κ2) is 12.4. The molecule has 11 heteroatoms. The summed E-state index contributed by atoms with van der Waals surface area (Å²) in [6, 6.07) is 20.3. The maximum absolute atomic E-state index is 13.2. The monoisotopic (exact) mass is 611 g/mol. The van der Waals surface area contributed by atoms with Gasteiger partial charge in [0.15, 0.2) is 5.13 Å². The number of hydrogen-bond donors (Lipinski definition) is 1. The highest BCUT2D eigenvalue weighted by atomic mass is 35.5. The van der Waals surface area contributed by atoms with E-state index in [1.54, 1.807) is 23.5 Å². The van der Waals surface area contributed by atoms with E-state index in [-0.39, 0.29) is 23.2 Å². The number of thiazole rings is 1. The molecule has 1 N–H and O–H groups in total. The number of halogens is 1. The summed E-state index contributed by atoms with van der Waals surface area (Å²) in [7, 11) is -3.67. The van der Waals surface area contributed by atoms with Crippen LogP contribution < -0.4 is 14.5 Å². The number of amides is 1. The highest BCUT2D eigenvalue weighted by Gasteiger charge is 2.30. The molecule has 41 heavy (non-hydrogen) atoms. The molecule has 4 aromatic rings. The predicted molar refractivity (Wildman–Crippen MR) is 168 cm³/mol. The van der Waals surface area contributed by atoms with Crippen molar-refractivity contribution >= 4 is 60.7 Å². The molecule has 2 aliphatic rings. The summed E-state index contributed by atoms with van der Waals surface area (Å²) in [4.78, 5) is 22.5. The predicted octanol–water partition coefficient (Wildman–Crippen LogP) is 4.58. The van der Waals surface area contributed by atoms with Crippen molar-refractivity contribution in [3.63, 3.8) is 0 Å². The van der Waals surface area contributed by atoms with Crippen LogP contribution in [-0.2, 0) is 22.9 Å². The Bertz CT molecular complexity index is 1630. The number of aryl methyl sites for hydroxylation is 1. The molecule has 1 amide bonds. The van der Waals surface area contributed by atoms with Gasteiger partial charge in [0.25, 0.3) is 15.9 Å². The Morgan fingerprint density at radius 3 is 2.49 bits per heavy atom. The van der Waals surface area contributed by atoms with Gasteiger partial charge in [-0.3, -0.25) is 14.0 Å². The smallest absolute Gasteiger partial charge is 0.264 e. The molecule has 8 nitrogen and oxygen atoms in total. The van der Waals surface area contributed by atoms with Crippen LogP contribution in [0.15, 0.2) is 71.6 Å². The summed E-state index contributed by atoms with van der Waals surface area (Å²) in [6.45, 7) is 7.54. The van der Waals surface area contributed by atoms with Gasteiger partial charge in [-0.1, -0.05) is 42.5 Å². The molecule has 3 heterocycles. The lowest BCUT2D eigenvalue weighted by molar-refractivity contribution is 0.0947. The van der Waals surface area contributed by atoms with E-state index < -0.39 is 10.0 Å². The van der Waals surface area contributed by atoms with E-state index in [2.05, 4.69) is 40.2 Å². The van der Waals surface area contributed by atoms with Gasteiger partial charge in [0.05, 0.1) is 20.8 Å². The highest BCUT2D eigenvalue weighted by molar-refractivity contribution is 7.92. The Balaban J connectivity index is 0.00000337. The summed E-state index contributed by atoms with van der Waals surface area (Å²) in [5, 5.41) is 4.06. The second-order valence-electron chi connectivity index (χ2n) is 10.2.